The molecule has 0 saturated heterocycles. The van der Waals surface area contributed by atoms with Crippen LogP contribution in [-0.4, -0.2) is 52.8 Å². The third kappa shape index (κ3) is 9.71. The number of H-pyrrole nitrogens is 1. The van der Waals surface area contributed by atoms with Crippen LogP contribution in [0.2, 0.25) is 18.1 Å². The Balaban J connectivity index is 1.00. The number of pyridine rings is 1. The molecular formula is C49H61N5O5Si. The zero-order valence-corrected chi connectivity index (χ0v) is 36.7. The molecule has 0 unspecified atom stereocenters. The van der Waals surface area contributed by atoms with Gasteiger partial charge in [-0.3, -0.25) is 9.69 Å². The fourth-order valence-electron chi connectivity index (χ4n) is 8.41. The quantitative estimate of drug-likeness (QED) is 0.0512. The van der Waals surface area contributed by atoms with Gasteiger partial charge in [0.15, 0.2) is 8.32 Å². The summed E-state index contributed by atoms with van der Waals surface area (Å²) in [5, 5.41) is 26.7. The zero-order valence-electron chi connectivity index (χ0n) is 35.7. The number of hydrogen-bond donors (Lipinski definition) is 5. The molecule has 1 aliphatic rings. The Morgan fingerprint density at radius 3 is 2.43 bits per heavy atom. The van der Waals surface area contributed by atoms with E-state index in [9.17, 15) is 19.8 Å². The van der Waals surface area contributed by atoms with E-state index in [1.165, 1.54) is 22.5 Å². The summed E-state index contributed by atoms with van der Waals surface area (Å²) < 4.78 is 9.32. The SMILES string of the molecule is CC(C)(C)[Si](C)(C)O[C@@H](CNCc1ccc2c(ccn2CCCCc2ccc(-c3ccccc3)c(N(C(=O)O)C3CCC(N)CC3)c2)c1)c1ccc(O)c2[nH]c(=O)ccc12. The summed E-state index contributed by atoms with van der Waals surface area (Å²) in [5.41, 5.74) is 13.5. The number of carbonyl (C=O) groups is 1. The molecule has 0 aliphatic heterocycles. The van der Waals surface area contributed by atoms with Gasteiger partial charge in [-0.2, -0.15) is 0 Å². The van der Waals surface area contributed by atoms with Gasteiger partial charge in [-0.05, 0) is 127 Å². The van der Waals surface area contributed by atoms with E-state index in [0.29, 0.717) is 18.6 Å². The lowest BCUT2D eigenvalue weighted by Gasteiger charge is -2.39. The Kier molecular flexibility index (Phi) is 13.0. The van der Waals surface area contributed by atoms with Crippen molar-refractivity contribution in [2.24, 2.45) is 5.73 Å². The maximum Gasteiger partial charge on any atom is 0.412 e. The molecule has 6 aromatic rings. The number of benzene rings is 4. The number of anilines is 1. The van der Waals surface area contributed by atoms with Crippen LogP contribution in [0.3, 0.4) is 0 Å². The molecule has 1 atom stereocenters. The fraction of sp³-hybridized carbons (Fsp3) is 0.388. The normalized spacial score (nSPS) is 16.6. The standard InChI is InChI=1S/C49H61N5O5Si/c1-49(2,3)60(4,5)59-45(40-21-24-44(55)47-41(40)22-25-46(56)52-47)32-51-31-34-15-23-42-36(29-34)26-28-53(42)27-10-9-11-33-14-20-39(35-12-7-6-8-13-35)43(30-33)54(48(57)58)38-18-16-37(50)17-19-38/h6-8,12-15,20-26,28-30,37-38,45,51,55H,9-11,16-19,27,31-32,50H2,1-5H3,(H,52,56)(H,57,58)/t37?,38?,45-/m0/s1. The van der Waals surface area contributed by atoms with Gasteiger partial charge in [0.05, 0.1) is 17.3 Å². The number of nitrogens with two attached hydrogens (primary N) is 1. The predicted molar refractivity (Wildman–Crippen MR) is 246 cm³/mol. The Labute approximate surface area is 354 Å². The van der Waals surface area contributed by atoms with Crippen molar-refractivity contribution in [3.05, 3.63) is 130 Å². The molecule has 4 aromatic carbocycles. The lowest BCUT2D eigenvalue weighted by atomic mass is 9.89. The van der Waals surface area contributed by atoms with Gasteiger partial charge in [0.25, 0.3) is 0 Å². The van der Waals surface area contributed by atoms with Crippen molar-refractivity contribution in [3.63, 3.8) is 0 Å². The molecule has 1 amide bonds. The van der Waals surface area contributed by atoms with Crippen LogP contribution in [0, 0.1) is 0 Å². The smallest absolute Gasteiger partial charge is 0.412 e. The van der Waals surface area contributed by atoms with E-state index < -0.39 is 14.4 Å². The van der Waals surface area contributed by atoms with Crippen molar-refractivity contribution in [2.75, 3.05) is 11.4 Å². The molecule has 6 N–H and O–H groups in total. The molecule has 0 bridgehead atoms. The van der Waals surface area contributed by atoms with E-state index >= 15 is 0 Å². The van der Waals surface area contributed by atoms with Crippen molar-refractivity contribution < 1.29 is 19.4 Å². The summed E-state index contributed by atoms with van der Waals surface area (Å²) in [7, 11) is -2.20. The number of amides is 1. The number of aromatic amines is 1. The number of carboxylic acid groups (broad SMARTS) is 1. The minimum absolute atomic E-state index is 0.00390. The van der Waals surface area contributed by atoms with Crippen molar-refractivity contribution in [1.29, 1.82) is 0 Å². The molecular weight excluding hydrogens is 767 g/mol. The first-order chi connectivity index (χ1) is 28.7. The summed E-state index contributed by atoms with van der Waals surface area (Å²) in [4.78, 5) is 29.4. The van der Waals surface area contributed by atoms with Crippen LogP contribution in [0.5, 0.6) is 5.75 Å². The highest BCUT2D eigenvalue weighted by Gasteiger charge is 2.40. The number of phenols is 1. The summed E-state index contributed by atoms with van der Waals surface area (Å²) >= 11 is 0. The number of phenolic OH excluding ortho intramolecular Hbond substituents is 1. The largest absolute Gasteiger partial charge is 0.506 e. The van der Waals surface area contributed by atoms with Gasteiger partial charge in [-0.15, -0.1) is 0 Å². The monoisotopic (exact) mass is 827 g/mol. The summed E-state index contributed by atoms with van der Waals surface area (Å²) in [6.45, 7) is 13.3. The van der Waals surface area contributed by atoms with Crippen LogP contribution in [-0.2, 0) is 23.9 Å². The maximum atomic E-state index is 12.8. The van der Waals surface area contributed by atoms with Crippen molar-refractivity contribution in [3.8, 4) is 16.9 Å². The number of nitrogens with zero attached hydrogens (tertiary/aromatic N) is 2. The van der Waals surface area contributed by atoms with Gasteiger partial charge < -0.3 is 35.2 Å². The average Bonchev–Trinajstić information content (AvgIpc) is 3.62. The number of unbranched alkanes of at least 4 members (excludes halogenated alkanes) is 1. The molecule has 0 radical (unpaired) electrons. The van der Waals surface area contributed by atoms with Crippen LogP contribution in [0.15, 0.2) is 108 Å². The van der Waals surface area contributed by atoms with E-state index in [1.54, 1.807) is 17.0 Å². The molecule has 7 rings (SSSR count). The molecule has 2 aromatic heterocycles. The highest BCUT2D eigenvalue weighted by molar-refractivity contribution is 6.74. The third-order valence-electron chi connectivity index (χ3n) is 12.8. The zero-order chi connectivity index (χ0) is 42.6. The van der Waals surface area contributed by atoms with E-state index in [0.717, 1.165) is 84.8 Å². The van der Waals surface area contributed by atoms with Crippen LogP contribution >= 0.6 is 0 Å². The van der Waals surface area contributed by atoms with Crippen LogP contribution < -0.4 is 21.5 Å². The molecule has 60 heavy (non-hydrogen) atoms. The molecule has 1 saturated carbocycles. The molecule has 0 spiro atoms. The van der Waals surface area contributed by atoms with Gasteiger partial charge in [0.1, 0.15) is 5.75 Å². The second-order valence-corrected chi connectivity index (χ2v) is 22.8. The molecule has 2 heterocycles. The van der Waals surface area contributed by atoms with Crippen molar-refractivity contribution in [1.82, 2.24) is 14.9 Å². The minimum Gasteiger partial charge on any atom is -0.506 e. The topological polar surface area (TPSA) is 146 Å². The highest BCUT2D eigenvalue weighted by atomic mass is 28.4. The summed E-state index contributed by atoms with van der Waals surface area (Å²) in [6.07, 6.45) is 6.99. The second kappa shape index (κ2) is 18.2. The number of aromatic nitrogens is 2. The Morgan fingerprint density at radius 2 is 1.70 bits per heavy atom. The highest BCUT2D eigenvalue weighted by Crippen LogP contribution is 2.41. The lowest BCUT2D eigenvalue weighted by molar-refractivity contribution is 0.181. The van der Waals surface area contributed by atoms with E-state index in [4.69, 9.17) is 10.2 Å². The van der Waals surface area contributed by atoms with Crippen LogP contribution in [0.25, 0.3) is 32.9 Å². The first-order valence-corrected chi connectivity index (χ1v) is 24.4. The van der Waals surface area contributed by atoms with Gasteiger partial charge in [0, 0.05) is 60.4 Å². The third-order valence-corrected chi connectivity index (χ3v) is 17.3. The Hall–Kier alpha value is -5.20. The minimum atomic E-state index is -2.20. The molecule has 1 fully saturated rings. The molecule has 11 heteroatoms. The Morgan fingerprint density at radius 1 is 0.950 bits per heavy atom. The average molecular weight is 828 g/mol. The molecule has 1 aliphatic carbocycles. The van der Waals surface area contributed by atoms with E-state index in [-0.39, 0.29) is 34.5 Å². The van der Waals surface area contributed by atoms with Crippen LogP contribution in [0.1, 0.15) is 82.1 Å². The van der Waals surface area contributed by atoms with Crippen molar-refractivity contribution >= 4 is 41.9 Å². The number of aromatic hydroxyl groups is 1. The first-order valence-electron chi connectivity index (χ1n) is 21.5. The second-order valence-electron chi connectivity index (χ2n) is 18.1. The maximum absolute atomic E-state index is 12.8. The summed E-state index contributed by atoms with van der Waals surface area (Å²) in [6, 6.07) is 32.1. The number of rotatable bonds is 15. The van der Waals surface area contributed by atoms with Gasteiger partial charge in [-0.1, -0.05) is 75.4 Å². The van der Waals surface area contributed by atoms with E-state index in [2.05, 4.69) is 97.4 Å². The number of fused-ring (bicyclic) bond motifs is 2. The molecule has 10 nitrogen and oxygen atoms in total. The van der Waals surface area contributed by atoms with Gasteiger partial charge in [-0.25, -0.2) is 4.79 Å². The Bertz CT molecular complexity index is 2480. The van der Waals surface area contributed by atoms with Crippen molar-refractivity contribution in [2.45, 2.75) is 115 Å². The molecule has 316 valence electrons. The number of hydrogen-bond acceptors (Lipinski definition) is 6. The van der Waals surface area contributed by atoms with E-state index in [1.807, 2.05) is 36.4 Å². The lowest BCUT2D eigenvalue weighted by Crippen LogP contribution is -2.44. The first kappa shape index (κ1) is 42.9. The van der Waals surface area contributed by atoms with Gasteiger partial charge in [0.2, 0.25) is 5.56 Å². The van der Waals surface area contributed by atoms with Gasteiger partial charge >= 0.3 is 6.09 Å². The number of aryl methyl sites for hydroxylation is 2. The fourth-order valence-corrected chi connectivity index (χ4v) is 9.69. The summed E-state index contributed by atoms with van der Waals surface area (Å²) in [5.74, 6) is 0.0406. The van der Waals surface area contributed by atoms with Crippen LogP contribution in [0.4, 0.5) is 10.5 Å². The number of nitrogens with one attached hydrogen (secondary N) is 2. The predicted octanol–water partition coefficient (Wildman–Crippen LogP) is 10.5.